The van der Waals surface area contributed by atoms with Gasteiger partial charge in [-0.15, -0.1) is 0 Å². The maximum absolute atomic E-state index is 12.4. The third-order valence-electron chi connectivity index (χ3n) is 5.06. The molecular formula is C18H25N3O4. The molecule has 1 fully saturated rings. The van der Waals surface area contributed by atoms with Gasteiger partial charge in [-0.05, 0) is 24.0 Å². The van der Waals surface area contributed by atoms with Crippen molar-refractivity contribution in [1.82, 2.24) is 15.5 Å². The van der Waals surface area contributed by atoms with Crippen molar-refractivity contribution in [2.75, 3.05) is 26.3 Å². The number of nitrogens with zero attached hydrogens (tertiary/aromatic N) is 1. The monoisotopic (exact) mass is 347 g/mol. The molecule has 1 saturated heterocycles. The van der Waals surface area contributed by atoms with Crippen LogP contribution in [0.4, 0.5) is 0 Å². The number of aliphatic hydroxyl groups is 2. The van der Waals surface area contributed by atoms with Gasteiger partial charge in [0, 0.05) is 19.1 Å². The summed E-state index contributed by atoms with van der Waals surface area (Å²) in [7, 11) is 0. The van der Waals surface area contributed by atoms with Crippen molar-refractivity contribution in [1.29, 1.82) is 0 Å². The highest BCUT2D eigenvalue weighted by Crippen LogP contribution is 2.28. The zero-order chi connectivity index (χ0) is 17.8. The van der Waals surface area contributed by atoms with Crippen molar-refractivity contribution in [3.05, 3.63) is 35.4 Å². The molecule has 0 spiro atoms. The molecule has 1 atom stereocenters. The van der Waals surface area contributed by atoms with Crippen LogP contribution in [-0.2, 0) is 22.4 Å². The Morgan fingerprint density at radius 2 is 1.88 bits per heavy atom. The van der Waals surface area contributed by atoms with Crippen LogP contribution in [0.25, 0.3) is 0 Å². The molecule has 7 nitrogen and oxygen atoms in total. The summed E-state index contributed by atoms with van der Waals surface area (Å²) in [4.78, 5) is 26.7. The summed E-state index contributed by atoms with van der Waals surface area (Å²) in [5.74, 6) is -0.474. The lowest BCUT2D eigenvalue weighted by atomic mass is 10.0. The second kappa shape index (κ2) is 7.95. The second-order valence-corrected chi connectivity index (χ2v) is 6.71. The maximum Gasteiger partial charge on any atom is 0.237 e. The molecule has 0 saturated carbocycles. The molecule has 1 unspecified atom stereocenters. The number of amides is 2. The number of benzene rings is 1. The fourth-order valence-electron chi connectivity index (χ4n) is 3.76. The van der Waals surface area contributed by atoms with E-state index in [1.54, 1.807) is 0 Å². The van der Waals surface area contributed by atoms with Gasteiger partial charge in [-0.2, -0.15) is 0 Å². The standard InChI is InChI=1S/C18H25N3O4/c22-10-14(11-23)20-17(24)9-16-18(25)19-5-6-21(16)15-7-12-3-1-2-4-13(12)8-15/h1-4,14-16,22-23H,5-11H2,(H,19,25)(H,20,24). The molecule has 2 aliphatic rings. The molecule has 1 aliphatic heterocycles. The number of fused-ring (bicyclic) bond motifs is 1. The number of rotatable bonds is 6. The number of hydrogen-bond donors (Lipinski definition) is 4. The highest BCUT2D eigenvalue weighted by molar-refractivity contribution is 5.89. The molecule has 4 N–H and O–H groups in total. The number of hydrogen-bond acceptors (Lipinski definition) is 5. The first-order valence-corrected chi connectivity index (χ1v) is 8.73. The first-order valence-electron chi connectivity index (χ1n) is 8.73. The van der Waals surface area contributed by atoms with Crippen LogP contribution in [0.1, 0.15) is 17.5 Å². The van der Waals surface area contributed by atoms with E-state index in [1.807, 2.05) is 12.1 Å². The Balaban J connectivity index is 1.68. The Bertz CT molecular complexity index is 608. The van der Waals surface area contributed by atoms with Gasteiger partial charge in [-0.25, -0.2) is 0 Å². The zero-order valence-corrected chi connectivity index (χ0v) is 14.1. The third kappa shape index (κ3) is 4.00. The fourth-order valence-corrected chi connectivity index (χ4v) is 3.76. The van der Waals surface area contributed by atoms with E-state index in [0.29, 0.717) is 13.1 Å². The Morgan fingerprint density at radius 1 is 1.24 bits per heavy atom. The van der Waals surface area contributed by atoms with Crippen LogP contribution < -0.4 is 10.6 Å². The minimum Gasteiger partial charge on any atom is -0.394 e. The highest BCUT2D eigenvalue weighted by atomic mass is 16.3. The van der Waals surface area contributed by atoms with Crippen molar-refractivity contribution < 1.29 is 19.8 Å². The maximum atomic E-state index is 12.4. The molecule has 2 amide bonds. The molecule has 136 valence electrons. The van der Waals surface area contributed by atoms with Crippen molar-refractivity contribution in [2.24, 2.45) is 0 Å². The van der Waals surface area contributed by atoms with Crippen molar-refractivity contribution in [2.45, 2.75) is 37.4 Å². The number of piperazine rings is 1. The van der Waals surface area contributed by atoms with E-state index in [4.69, 9.17) is 10.2 Å². The molecule has 1 aromatic carbocycles. The fraction of sp³-hybridized carbons (Fsp3) is 0.556. The van der Waals surface area contributed by atoms with Crippen LogP contribution in [0, 0.1) is 0 Å². The van der Waals surface area contributed by atoms with E-state index in [9.17, 15) is 9.59 Å². The first kappa shape index (κ1) is 17.8. The van der Waals surface area contributed by atoms with Gasteiger partial charge >= 0.3 is 0 Å². The van der Waals surface area contributed by atoms with Crippen LogP contribution in [0.2, 0.25) is 0 Å². The Hall–Kier alpha value is -1.96. The number of carbonyl (C=O) groups excluding carboxylic acids is 2. The van der Waals surface area contributed by atoms with E-state index >= 15 is 0 Å². The van der Waals surface area contributed by atoms with Crippen molar-refractivity contribution in [3.63, 3.8) is 0 Å². The highest BCUT2D eigenvalue weighted by Gasteiger charge is 2.38. The van der Waals surface area contributed by atoms with Gasteiger partial charge in [0.25, 0.3) is 0 Å². The molecule has 25 heavy (non-hydrogen) atoms. The molecule has 0 bridgehead atoms. The van der Waals surface area contributed by atoms with Crippen molar-refractivity contribution in [3.8, 4) is 0 Å². The summed E-state index contributed by atoms with van der Waals surface area (Å²) >= 11 is 0. The normalized spacial score (nSPS) is 21.2. The molecule has 1 aliphatic carbocycles. The van der Waals surface area contributed by atoms with E-state index < -0.39 is 12.1 Å². The summed E-state index contributed by atoms with van der Waals surface area (Å²) in [5, 5.41) is 23.6. The van der Waals surface area contributed by atoms with Crippen LogP contribution in [0.5, 0.6) is 0 Å². The van der Waals surface area contributed by atoms with E-state index in [2.05, 4.69) is 27.7 Å². The molecular weight excluding hydrogens is 322 g/mol. The van der Waals surface area contributed by atoms with E-state index in [0.717, 1.165) is 12.8 Å². The van der Waals surface area contributed by atoms with E-state index in [1.165, 1.54) is 11.1 Å². The smallest absolute Gasteiger partial charge is 0.237 e. The summed E-state index contributed by atoms with van der Waals surface area (Å²) in [6, 6.07) is 7.29. The van der Waals surface area contributed by atoms with Crippen LogP contribution in [-0.4, -0.2) is 71.4 Å². The van der Waals surface area contributed by atoms with Crippen LogP contribution in [0.3, 0.4) is 0 Å². The Morgan fingerprint density at radius 3 is 2.48 bits per heavy atom. The van der Waals surface area contributed by atoms with Crippen molar-refractivity contribution >= 4 is 11.8 Å². The van der Waals surface area contributed by atoms with Crippen LogP contribution in [0.15, 0.2) is 24.3 Å². The molecule has 0 radical (unpaired) electrons. The molecule has 1 aromatic rings. The number of nitrogens with one attached hydrogen (secondary N) is 2. The molecule has 7 heteroatoms. The quantitative estimate of drug-likeness (QED) is 0.519. The van der Waals surface area contributed by atoms with Gasteiger partial charge in [0.2, 0.25) is 11.8 Å². The Kier molecular flexibility index (Phi) is 5.67. The molecule has 1 heterocycles. The largest absolute Gasteiger partial charge is 0.394 e. The minimum atomic E-state index is -0.691. The average molecular weight is 347 g/mol. The van der Waals surface area contributed by atoms with Gasteiger partial charge in [-0.1, -0.05) is 24.3 Å². The lowest BCUT2D eigenvalue weighted by Crippen LogP contribution is -2.60. The predicted octanol–water partition coefficient (Wildman–Crippen LogP) is -1.19. The average Bonchev–Trinajstić information content (AvgIpc) is 3.05. The van der Waals surface area contributed by atoms with Gasteiger partial charge < -0.3 is 20.8 Å². The van der Waals surface area contributed by atoms with Crippen LogP contribution >= 0.6 is 0 Å². The van der Waals surface area contributed by atoms with E-state index in [-0.39, 0.29) is 37.5 Å². The predicted molar refractivity (Wildman–Crippen MR) is 91.9 cm³/mol. The van der Waals surface area contributed by atoms with Gasteiger partial charge in [-0.3, -0.25) is 14.5 Å². The van der Waals surface area contributed by atoms with Gasteiger partial charge in [0.1, 0.15) is 0 Å². The van der Waals surface area contributed by atoms with Gasteiger partial charge in [0.15, 0.2) is 0 Å². The topological polar surface area (TPSA) is 102 Å². The summed E-state index contributed by atoms with van der Waals surface area (Å²) in [6.45, 7) is 0.632. The molecule has 3 rings (SSSR count). The number of aliphatic hydroxyl groups excluding tert-OH is 2. The summed E-state index contributed by atoms with van der Waals surface area (Å²) < 4.78 is 0. The lowest BCUT2D eigenvalue weighted by molar-refractivity contribution is -0.135. The zero-order valence-electron chi connectivity index (χ0n) is 14.1. The molecule has 0 aromatic heterocycles. The summed E-state index contributed by atoms with van der Waals surface area (Å²) in [5.41, 5.74) is 2.62. The third-order valence-corrected chi connectivity index (χ3v) is 5.06. The number of carbonyl (C=O) groups is 2. The SMILES string of the molecule is O=C(CC1C(=O)NCCN1C1Cc2ccccc2C1)NC(CO)CO. The Labute approximate surface area is 147 Å². The second-order valence-electron chi connectivity index (χ2n) is 6.71. The first-order chi connectivity index (χ1) is 12.1. The minimum absolute atomic E-state index is 0.0230. The van der Waals surface area contributed by atoms with Gasteiger partial charge in [0.05, 0.1) is 31.7 Å². The summed E-state index contributed by atoms with van der Waals surface area (Å²) in [6.07, 6.45) is 1.80. The lowest BCUT2D eigenvalue weighted by Gasteiger charge is -2.39.